The van der Waals surface area contributed by atoms with Gasteiger partial charge in [0.25, 0.3) is 5.56 Å². The maximum atomic E-state index is 12.5. The standard InChI is InChI=1S/C14H14ClN5O2/c1-8(21)5-20-7-16-13-10(14(20)22)3-11(15)18-12(13)9-4-17-19(2)6-9/h3-4,6-8,21H,5H2,1-2H3/t8-/m0/s1. The van der Waals surface area contributed by atoms with Crippen molar-refractivity contribution < 1.29 is 5.11 Å². The van der Waals surface area contributed by atoms with E-state index >= 15 is 0 Å². The van der Waals surface area contributed by atoms with Crippen LogP contribution in [0.2, 0.25) is 5.15 Å². The Bertz CT molecular complexity index is 900. The molecule has 1 atom stereocenters. The van der Waals surface area contributed by atoms with E-state index in [1.165, 1.54) is 17.0 Å². The lowest BCUT2D eigenvalue weighted by molar-refractivity contribution is 0.172. The molecule has 0 spiro atoms. The van der Waals surface area contributed by atoms with Gasteiger partial charge in [0.05, 0.1) is 30.6 Å². The zero-order valence-corrected chi connectivity index (χ0v) is 12.8. The largest absolute Gasteiger partial charge is 0.392 e. The van der Waals surface area contributed by atoms with Crippen LogP contribution in [0.15, 0.2) is 29.6 Å². The minimum atomic E-state index is -0.646. The predicted molar refractivity (Wildman–Crippen MR) is 82.7 cm³/mol. The molecule has 0 saturated carbocycles. The lowest BCUT2D eigenvalue weighted by atomic mass is 10.1. The van der Waals surface area contributed by atoms with Crippen molar-refractivity contribution in [2.24, 2.45) is 7.05 Å². The number of hydrogen-bond donors (Lipinski definition) is 1. The lowest BCUT2D eigenvalue weighted by Gasteiger charge is -2.10. The summed E-state index contributed by atoms with van der Waals surface area (Å²) in [6.07, 6.45) is 4.18. The van der Waals surface area contributed by atoms with Gasteiger partial charge in [0, 0.05) is 18.8 Å². The summed E-state index contributed by atoms with van der Waals surface area (Å²) in [5.41, 5.74) is 1.44. The van der Waals surface area contributed by atoms with E-state index in [1.807, 2.05) is 0 Å². The molecule has 3 heterocycles. The molecule has 1 N–H and O–H groups in total. The van der Waals surface area contributed by atoms with Crippen LogP contribution in [0.5, 0.6) is 0 Å². The van der Waals surface area contributed by atoms with Gasteiger partial charge in [-0.2, -0.15) is 5.10 Å². The van der Waals surface area contributed by atoms with Gasteiger partial charge >= 0.3 is 0 Å². The number of aryl methyl sites for hydroxylation is 1. The van der Waals surface area contributed by atoms with E-state index < -0.39 is 6.10 Å². The summed E-state index contributed by atoms with van der Waals surface area (Å²) >= 11 is 6.05. The highest BCUT2D eigenvalue weighted by molar-refractivity contribution is 6.30. The van der Waals surface area contributed by atoms with Crippen molar-refractivity contribution in [3.05, 3.63) is 40.3 Å². The molecule has 0 saturated heterocycles. The average Bonchev–Trinajstić information content (AvgIpc) is 2.88. The lowest BCUT2D eigenvalue weighted by Crippen LogP contribution is -2.25. The molecule has 22 heavy (non-hydrogen) atoms. The zero-order chi connectivity index (χ0) is 15.9. The van der Waals surface area contributed by atoms with Gasteiger partial charge in [-0.15, -0.1) is 0 Å². The topological polar surface area (TPSA) is 85.8 Å². The first-order valence-corrected chi connectivity index (χ1v) is 7.06. The van der Waals surface area contributed by atoms with Crippen molar-refractivity contribution in [1.29, 1.82) is 0 Å². The second-order valence-electron chi connectivity index (χ2n) is 5.14. The molecule has 3 rings (SSSR count). The van der Waals surface area contributed by atoms with Gasteiger partial charge in [0.15, 0.2) is 0 Å². The van der Waals surface area contributed by atoms with Crippen molar-refractivity contribution in [3.8, 4) is 11.3 Å². The van der Waals surface area contributed by atoms with E-state index in [0.29, 0.717) is 16.6 Å². The summed E-state index contributed by atoms with van der Waals surface area (Å²) in [6, 6.07) is 1.49. The van der Waals surface area contributed by atoms with Gasteiger partial charge in [-0.1, -0.05) is 11.6 Å². The Morgan fingerprint density at radius 3 is 2.86 bits per heavy atom. The number of aliphatic hydroxyl groups is 1. The van der Waals surface area contributed by atoms with E-state index in [1.54, 1.807) is 31.0 Å². The maximum Gasteiger partial charge on any atom is 0.261 e. The third-order valence-electron chi connectivity index (χ3n) is 3.22. The summed E-state index contributed by atoms with van der Waals surface area (Å²) in [5, 5.41) is 14.1. The van der Waals surface area contributed by atoms with Crippen LogP contribution in [0, 0.1) is 0 Å². The summed E-state index contributed by atoms with van der Waals surface area (Å²) in [5.74, 6) is 0. The van der Waals surface area contributed by atoms with E-state index in [9.17, 15) is 9.90 Å². The van der Waals surface area contributed by atoms with Crippen molar-refractivity contribution in [1.82, 2.24) is 24.3 Å². The predicted octanol–water partition coefficient (Wildman–Crippen LogP) is 1.23. The van der Waals surface area contributed by atoms with Crippen LogP contribution in [0.1, 0.15) is 6.92 Å². The Balaban J connectivity index is 2.27. The summed E-state index contributed by atoms with van der Waals surface area (Å²) in [7, 11) is 1.79. The molecule has 7 nitrogen and oxygen atoms in total. The molecule has 114 valence electrons. The fourth-order valence-electron chi connectivity index (χ4n) is 2.29. The van der Waals surface area contributed by atoms with Crippen molar-refractivity contribution in [2.75, 3.05) is 0 Å². The molecule has 0 radical (unpaired) electrons. The average molecular weight is 320 g/mol. The number of halogens is 1. The minimum Gasteiger partial charge on any atom is -0.392 e. The first-order chi connectivity index (χ1) is 10.5. The Labute approximate surface area is 130 Å². The molecule has 0 aliphatic rings. The SMILES string of the molecule is C[C@H](O)Cn1cnc2c(-c3cnn(C)c3)nc(Cl)cc2c1=O. The molecular formula is C14H14ClN5O2. The Morgan fingerprint density at radius 1 is 1.45 bits per heavy atom. The third kappa shape index (κ3) is 2.60. The van der Waals surface area contributed by atoms with Gasteiger partial charge in [-0.05, 0) is 13.0 Å². The Hall–Kier alpha value is -2.25. The second kappa shape index (κ2) is 5.51. The van der Waals surface area contributed by atoms with E-state index in [4.69, 9.17) is 11.6 Å². The van der Waals surface area contributed by atoms with E-state index in [-0.39, 0.29) is 17.3 Å². The van der Waals surface area contributed by atoms with Gasteiger partial charge in [-0.25, -0.2) is 9.97 Å². The highest BCUT2D eigenvalue weighted by Crippen LogP contribution is 2.25. The van der Waals surface area contributed by atoms with Crippen molar-refractivity contribution in [2.45, 2.75) is 19.6 Å². The van der Waals surface area contributed by atoms with Crippen LogP contribution >= 0.6 is 11.6 Å². The highest BCUT2D eigenvalue weighted by Gasteiger charge is 2.14. The molecule has 3 aromatic heterocycles. The molecular weight excluding hydrogens is 306 g/mol. The number of aromatic nitrogens is 5. The number of aliphatic hydroxyl groups excluding tert-OH is 1. The van der Waals surface area contributed by atoms with Crippen LogP contribution in [-0.4, -0.2) is 35.5 Å². The van der Waals surface area contributed by atoms with Gasteiger partial charge in [-0.3, -0.25) is 14.0 Å². The van der Waals surface area contributed by atoms with Gasteiger partial charge in [0.1, 0.15) is 16.4 Å². The molecule has 0 aromatic carbocycles. The number of rotatable bonds is 3. The molecule has 0 bridgehead atoms. The monoisotopic (exact) mass is 319 g/mol. The fourth-order valence-corrected chi connectivity index (χ4v) is 2.49. The maximum absolute atomic E-state index is 12.5. The van der Waals surface area contributed by atoms with Crippen molar-refractivity contribution >= 4 is 22.5 Å². The molecule has 8 heteroatoms. The van der Waals surface area contributed by atoms with Gasteiger partial charge < -0.3 is 5.11 Å². The molecule has 0 aliphatic heterocycles. The van der Waals surface area contributed by atoms with E-state index in [2.05, 4.69) is 15.1 Å². The second-order valence-corrected chi connectivity index (χ2v) is 5.53. The smallest absolute Gasteiger partial charge is 0.261 e. The normalized spacial score (nSPS) is 12.7. The van der Waals surface area contributed by atoms with Crippen LogP contribution in [-0.2, 0) is 13.6 Å². The minimum absolute atomic E-state index is 0.171. The van der Waals surface area contributed by atoms with Crippen molar-refractivity contribution in [3.63, 3.8) is 0 Å². The fraction of sp³-hybridized carbons (Fsp3) is 0.286. The molecule has 0 amide bonds. The third-order valence-corrected chi connectivity index (χ3v) is 3.41. The molecule has 0 fully saturated rings. The Morgan fingerprint density at radius 2 is 2.23 bits per heavy atom. The number of pyridine rings is 1. The molecule has 0 unspecified atom stereocenters. The first-order valence-electron chi connectivity index (χ1n) is 6.68. The summed E-state index contributed by atoms with van der Waals surface area (Å²) in [6.45, 7) is 1.78. The number of hydrogen-bond acceptors (Lipinski definition) is 5. The van der Waals surface area contributed by atoms with Crippen LogP contribution in [0.3, 0.4) is 0 Å². The summed E-state index contributed by atoms with van der Waals surface area (Å²) < 4.78 is 2.99. The Kier molecular flexibility index (Phi) is 3.67. The zero-order valence-electron chi connectivity index (χ0n) is 12.1. The first kappa shape index (κ1) is 14.7. The summed E-state index contributed by atoms with van der Waals surface area (Å²) in [4.78, 5) is 21.1. The number of fused-ring (bicyclic) bond motifs is 1. The van der Waals surface area contributed by atoms with Crippen LogP contribution < -0.4 is 5.56 Å². The molecule has 3 aromatic rings. The van der Waals surface area contributed by atoms with Crippen LogP contribution in [0.4, 0.5) is 0 Å². The molecule has 0 aliphatic carbocycles. The van der Waals surface area contributed by atoms with Gasteiger partial charge in [0.2, 0.25) is 0 Å². The van der Waals surface area contributed by atoms with Crippen LogP contribution in [0.25, 0.3) is 22.2 Å². The highest BCUT2D eigenvalue weighted by atomic mass is 35.5. The number of nitrogens with zero attached hydrogens (tertiary/aromatic N) is 5. The van der Waals surface area contributed by atoms with E-state index in [0.717, 1.165) is 5.56 Å². The quantitative estimate of drug-likeness (QED) is 0.734.